The van der Waals surface area contributed by atoms with Gasteiger partial charge in [-0.05, 0) is 64.1 Å². The van der Waals surface area contributed by atoms with Crippen LogP contribution < -0.4 is 5.32 Å². The first-order valence-corrected chi connectivity index (χ1v) is 6.55. The number of aromatic nitrogens is 1. The monoisotopic (exact) mass is 256 g/mol. The molecular weight excluding hydrogens is 236 g/mol. The van der Waals surface area contributed by atoms with Crippen molar-refractivity contribution < 1.29 is 4.79 Å². The molecular formula is C16H20N2O. The third-order valence-corrected chi connectivity index (χ3v) is 3.08. The molecule has 0 aliphatic heterocycles. The van der Waals surface area contributed by atoms with E-state index in [9.17, 15) is 4.79 Å². The van der Waals surface area contributed by atoms with Crippen LogP contribution in [0, 0.1) is 13.8 Å². The van der Waals surface area contributed by atoms with Crippen LogP contribution in [0.3, 0.4) is 0 Å². The molecule has 1 aromatic carbocycles. The van der Waals surface area contributed by atoms with Gasteiger partial charge in [0.25, 0.3) is 5.91 Å². The van der Waals surface area contributed by atoms with E-state index in [1.54, 1.807) is 0 Å². The average Bonchev–Trinajstić information content (AvgIpc) is 2.68. The van der Waals surface area contributed by atoms with Gasteiger partial charge in [-0.15, -0.1) is 0 Å². The number of hydrogen-bond donors (Lipinski definition) is 1. The summed E-state index contributed by atoms with van der Waals surface area (Å²) < 4.78 is 2.17. The summed E-state index contributed by atoms with van der Waals surface area (Å²) in [4.78, 5) is 11.9. The first-order valence-electron chi connectivity index (χ1n) is 6.55. The Balaban J connectivity index is 2.26. The van der Waals surface area contributed by atoms with Crippen LogP contribution in [-0.2, 0) is 0 Å². The van der Waals surface area contributed by atoms with Gasteiger partial charge in [0.05, 0.1) is 0 Å². The summed E-state index contributed by atoms with van der Waals surface area (Å²) in [5.74, 6) is -0.0255. The van der Waals surface area contributed by atoms with Gasteiger partial charge in [-0.3, -0.25) is 4.79 Å². The Morgan fingerprint density at radius 3 is 2.00 bits per heavy atom. The minimum absolute atomic E-state index is 0.0255. The highest BCUT2D eigenvalue weighted by molar-refractivity contribution is 5.94. The molecule has 0 aliphatic carbocycles. The van der Waals surface area contributed by atoms with Gasteiger partial charge >= 0.3 is 0 Å². The van der Waals surface area contributed by atoms with Gasteiger partial charge in [-0.1, -0.05) is 0 Å². The summed E-state index contributed by atoms with van der Waals surface area (Å²) in [6.45, 7) is 8.07. The number of benzene rings is 1. The molecule has 3 nitrogen and oxygen atoms in total. The largest absolute Gasteiger partial charge is 0.350 e. The lowest BCUT2D eigenvalue weighted by atomic mass is 10.2. The molecule has 100 valence electrons. The number of rotatable bonds is 3. The second-order valence-corrected chi connectivity index (χ2v) is 5.13. The summed E-state index contributed by atoms with van der Waals surface area (Å²) >= 11 is 0. The van der Waals surface area contributed by atoms with Crippen LogP contribution in [0.25, 0.3) is 5.69 Å². The molecule has 0 fully saturated rings. The Morgan fingerprint density at radius 1 is 1.00 bits per heavy atom. The number of nitrogens with zero attached hydrogens (tertiary/aromatic N) is 1. The zero-order valence-electron chi connectivity index (χ0n) is 11.9. The molecule has 2 rings (SSSR count). The fraction of sp³-hybridized carbons (Fsp3) is 0.312. The molecule has 0 bridgehead atoms. The van der Waals surface area contributed by atoms with Crippen LogP contribution >= 0.6 is 0 Å². The zero-order chi connectivity index (χ0) is 14.0. The van der Waals surface area contributed by atoms with E-state index in [-0.39, 0.29) is 11.9 Å². The topological polar surface area (TPSA) is 34.0 Å². The van der Waals surface area contributed by atoms with Gasteiger partial charge in [0.2, 0.25) is 0 Å². The summed E-state index contributed by atoms with van der Waals surface area (Å²) in [6.07, 6.45) is 0. The zero-order valence-corrected chi connectivity index (χ0v) is 11.9. The Kier molecular flexibility index (Phi) is 3.74. The van der Waals surface area contributed by atoms with Crippen LogP contribution in [-0.4, -0.2) is 16.5 Å². The summed E-state index contributed by atoms with van der Waals surface area (Å²) in [6, 6.07) is 12.0. The SMILES string of the molecule is Cc1ccc(C)n1-c1ccc(C(=O)NC(C)C)cc1. The lowest BCUT2D eigenvalue weighted by Gasteiger charge is -2.11. The molecule has 0 aliphatic rings. The first kappa shape index (κ1) is 13.4. The summed E-state index contributed by atoms with van der Waals surface area (Å²) in [7, 11) is 0. The van der Waals surface area contributed by atoms with Crippen LogP contribution in [0.5, 0.6) is 0 Å². The lowest BCUT2D eigenvalue weighted by Crippen LogP contribution is -2.29. The maximum Gasteiger partial charge on any atom is 0.251 e. The average molecular weight is 256 g/mol. The van der Waals surface area contributed by atoms with Gasteiger partial charge in [-0.25, -0.2) is 0 Å². The van der Waals surface area contributed by atoms with Crippen molar-refractivity contribution in [2.45, 2.75) is 33.7 Å². The second kappa shape index (κ2) is 5.31. The van der Waals surface area contributed by atoms with Crippen molar-refractivity contribution in [3.8, 4) is 5.69 Å². The van der Waals surface area contributed by atoms with Crippen molar-refractivity contribution in [3.63, 3.8) is 0 Å². The van der Waals surface area contributed by atoms with E-state index < -0.39 is 0 Å². The number of carbonyl (C=O) groups excluding carboxylic acids is 1. The first-order chi connectivity index (χ1) is 8.99. The van der Waals surface area contributed by atoms with Gasteiger partial charge in [0.15, 0.2) is 0 Å². The number of amides is 1. The van der Waals surface area contributed by atoms with E-state index in [1.807, 2.05) is 38.1 Å². The molecule has 0 saturated heterocycles. The van der Waals surface area contributed by atoms with E-state index in [1.165, 1.54) is 11.4 Å². The van der Waals surface area contributed by atoms with Gasteiger partial charge in [0.1, 0.15) is 0 Å². The summed E-state index contributed by atoms with van der Waals surface area (Å²) in [5, 5.41) is 2.89. The highest BCUT2D eigenvalue weighted by Crippen LogP contribution is 2.16. The van der Waals surface area contributed by atoms with E-state index in [0.717, 1.165) is 5.69 Å². The van der Waals surface area contributed by atoms with Gasteiger partial charge in [-0.2, -0.15) is 0 Å². The van der Waals surface area contributed by atoms with E-state index in [4.69, 9.17) is 0 Å². The molecule has 1 N–H and O–H groups in total. The van der Waals surface area contributed by atoms with Crippen molar-refractivity contribution in [2.24, 2.45) is 0 Å². The summed E-state index contributed by atoms with van der Waals surface area (Å²) in [5.41, 5.74) is 4.16. The molecule has 19 heavy (non-hydrogen) atoms. The molecule has 2 aromatic rings. The minimum atomic E-state index is -0.0255. The van der Waals surface area contributed by atoms with Gasteiger partial charge < -0.3 is 9.88 Å². The number of aryl methyl sites for hydroxylation is 2. The van der Waals surface area contributed by atoms with Crippen molar-refractivity contribution in [3.05, 3.63) is 53.3 Å². The third kappa shape index (κ3) is 2.87. The highest BCUT2D eigenvalue weighted by Gasteiger charge is 2.08. The maximum absolute atomic E-state index is 11.9. The van der Waals surface area contributed by atoms with Crippen molar-refractivity contribution in [2.75, 3.05) is 0 Å². The van der Waals surface area contributed by atoms with Crippen molar-refractivity contribution in [1.29, 1.82) is 0 Å². The van der Waals surface area contributed by atoms with E-state index in [0.29, 0.717) is 5.56 Å². The molecule has 0 unspecified atom stereocenters. The maximum atomic E-state index is 11.9. The standard InChI is InChI=1S/C16H20N2O/c1-11(2)17-16(19)14-7-9-15(10-8-14)18-12(3)5-6-13(18)4/h5-11H,1-4H3,(H,17,19). The Morgan fingerprint density at radius 2 is 1.53 bits per heavy atom. The van der Waals surface area contributed by atoms with Crippen LogP contribution in [0.15, 0.2) is 36.4 Å². The fourth-order valence-electron chi connectivity index (χ4n) is 2.18. The van der Waals surface area contributed by atoms with Crippen LogP contribution in [0.4, 0.5) is 0 Å². The fourth-order valence-corrected chi connectivity index (χ4v) is 2.18. The quantitative estimate of drug-likeness (QED) is 0.898. The lowest BCUT2D eigenvalue weighted by molar-refractivity contribution is 0.0943. The molecule has 1 aromatic heterocycles. The van der Waals surface area contributed by atoms with Crippen molar-refractivity contribution in [1.82, 2.24) is 9.88 Å². The Labute approximate surface area is 114 Å². The van der Waals surface area contributed by atoms with Crippen LogP contribution in [0.2, 0.25) is 0 Å². The molecule has 0 saturated carbocycles. The molecule has 1 heterocycles. The predicted octanol–water partition coefficient (Wildman–Crippen LogP) is 3.23. The Hall–Kier alpha value is -2.03. The van der Waals surface area contributed by atoms with Crippen molar-refractivity contribution >= 4 is 5.91 Å². The molecule has 1 amide bonds. The van der Waals surface area contributed by atoms with Gasteiger partial charge in [0, 0.05) is 28.7 Å². The molecule has 0 radical (unpaired) electrons. The number of hydrogen-bond acceptors (Lipinski definition) is 1. The Bertz CT molecular complexity index is 560. The normalized spacial score (nSPS) is 10.8. The predicted molar refractivity (Wildman–Crippen MR) is 77.8 cm³/mol. The van der Waals surface area contributed by atoms with E-state index in [2.05, 4.69) is 35.9 Å². The minimum Gasteiger partial charge on any atom is -0.350 e. The smallest absolute Gasteiger partial charge is 0.251 e. The molecule has 3 heteroatoms. The van der Waals surface area contributed by atoms with Crippen LogP contribution in [0.1, 0.15) is 35.6 Å². The number of nitrogens with one attached hydrogen (secondary N) is 1. The molecule has 0 spiro atoms. The second-order valence-electron chi connectivity index (χ2n) is 5.13. The number of carbonyl (C=O) groups is 1. The highest BCUT2D eigenvalue weighted by atomic mass is 16.1. The molecule has 0 atom stereocenters. The third-order valence-electron chi connectivity index (χ3n) is 3.08. The van der Waals surface area contributed by atoms with E-state index >= 15 is 0 Å².